The van der Waals surface area contributed by atoms with E-state index in [1.165, 1.54) is 21.5 Å². The number of carboxylic acid groups (broad SMARTS) is 1. The molecule has 0 aliphatic carbocycles. The van der Waals surface area contributed by atoms with E-state index in [4.69, 9.17) is 5.11 Å². The van der Waals surface area contributed by atoms with Gasteiger partial charge in [0.05, 0.1) is 0 Å². The van der Waals surface area contributed by atoms with Crippen molar-refractivity contribution in [2.75, 3.05) is 19.6 Å². The monoisotopic (exact) mass is 618 g/mol. The average Bonchev–Trinajstić information content (AvgIpc) is 3.49. The molecule has 0 aromatic heterocycles. The van der Waals surface area contributed by atoms with E-state index in [1.54, 1.807) is 0 Å². The van der Waals surface area contributed by atoms with Crippen LogP contribution in [0.25, 0.3) is 21.5 Å². The predicted molar refractivity (Wildman–Crippen MR) is 133 cm³/mol. The van der Waals surface area contributed by atoms with Gasteiger partial charge in [0.2, 0.25) is 0 Å². The number of benzene rings is 2. The number of nitrogens with zero attached hydrogens (tertiary/aromatic N) is 2. The summed E-state index contributed by atoms with van der Waals surface area (Å²) in [7, 11) is 0. The summed E-state index contributed by atoms with van der Waals surface area (Å²) >= 11 is 0. The number of carbonyl (C=O) groups is 1. The molecule has 1 atom stereocenters. The average molecular weight is 620 g/mol. The van der Waals surface area contributed by atoms with Crippen molar-refractivity contribution in [1.29, 1.82) is 0 Å². The summed E-state index contributed by atoms with van der Waals surface area (Å²) in [6.07, 6.45) is 1.73. The van der Waals surface area contributed by atoms with Gasteiger partial charge in [-0.3, -0.25) is 4.99 Å². The first-order valence-corrected chi connectivity index (χ1v) is 10.7. The molecule has 33 heavy (non-hydrogen) atoms. The number of nitrogens with one attached hydrogen (secondary N) is 1. The number of fused-ring (bicyclic) bond motifs is 3. The molecular formula is C26H27InN3O2Zr. The van der Waals surface area contributed by atoms with Crippen LogP contribution >= 0.6 is 0 Å². The second-order valence-corrected chi connectivity index (χ2v) is 7.68. The summed E-state index contributed by atoms with van der Waals surface area (Å²) in [5, 5.41) is 17.0. The molecule has 2 aliphatic heterocycles. The Kier molecular flexibility index (Phi) is 11.4. The Morgan fingerprint density at radius 2 is 1.52 bits per heavy atom. The molecule has 2 heterocycles. The second kappa shape index (κ2) is 13.8. The number of guanidine groups is 1. The van der Waals surface area contributed by atoms with Gasteiger partial charge in [0.1, 0.15) is 6.04 Å². The fraction of sp³-hybridized carbons (Fsp3) is 0.231. The Balaban J connectivity index is 0.000000174. The molecule has 7 heteroatoms. The largest absolute Gasteiger partial charge is 2.00 e. The molecule has 2 N–H and O–H groups in total. The zero-order chi connectivity index (χ0) is 21.5. The summed E-state index contributed by atoms with van der Waals surface area (Å²) in [6, 6.07) is 28.9. The zero-order valence-corrected chi connectivity index (χ0v) is 24.3. The van der Waals surface area contributed by atoms with E-state index >= 15 is 0 Å². The van der Waals surface area contributed by atoms with Crippen molar-refractivity contribution < 1.29 is 36.1 Å². The van der Waals surface area contributed by atoms with E-state index in [2.05, 4.69) is 100 Å². The maximum atomic E-state index is 10.7. The number of hydrogen-bond donors (Lipinski definition) is 2. The zero-order valence-electron chi connectivity index (χ0n) is 18.5. The predicted octanol–water partition coefficient (Wildman–Crippen LogP) is 4.23. The minimum Gasteiger partial charge on any atom is -0.480 e. The molecule has 0 amide bonds. The second-order valence-electron chi connectivity index (χ2n) is 7.68. The number of aliphatic imine (C=N–C) groups is 1. The van der Waals surface area contributed by atoms with Gasteiger partial charge in [0.15, 0.2) is 5.96 Å². The number of aliphatic carboxylic acids is 1. The van der Waals surface area contributed by atoms with Crippen LogP contribution in [0, 0.1) is 0 Å². The van der Waals surface area contributed by atoms with Crippen LogP contribution in [0.3, 0.4) is 0 Å². The van der Waals surface area contributed by atoms with E-state index in [1.807, 2.05) is 0 Å². The Labute approximate surface area is 232 Å². The molecule has 2 aliphatic rings. The first kappa shape index (κ1) is 27.4. The van der Waals surface area contributed by atoms with E-state index in [0.29, 0.717) is 6.42 Å². The van der Waals surface area contributed by atoms with Gasteiger partial charge in [-0.2, -0.15) is 35.0 Å². The molecule has 1 saturated heterocycles. The summed E-state index contributed by atoms with van der Waals surface area (Å²) in [6.45, 7) is 2.62. The molecule has 6 rings (SSSR count). The van der Waals surface area contributed by atoms with Gasteiger partial charge in [-0.05, 0) is 12.8 Å². The van der Waals surface area contributed by atoms with E-state index < -0.39 is 12.0 Å². The summed E-state index contributed by atoms with van der Waals surface area (Å²) < 4.78 is 0. The molecule has 4 aromatic carbocycles. The quantitative estimate of drug-likeness (QED) is 0.314. The fourth-order valence-electron chi connectivity index (χ4n) is 3.85. The fourth-order valence-corrected chi connectivity index (χ4v) is 3.85. The molecule has 5 nitrogen and oxygen atoms in total. The van der Waals surface area contributed by atoms with Crippen LogP contribution in [0.5, 0.6) is 0 Å². The Morgan fingerprint density at radius 3 is 2.06 bits per heavy atom. The van der Waals surface area contributed by atoms with Crippen LogP contribution in [0.15, 0.2) is 89.9 Å². The summed E-state index contributed by atoms with van der Waals surface area (Å²) in [5.74, 6) is -0.0159. The van der Waals surface area contributed by atoms with Crippen molar-refractivity contribution in [3.63, 3.8) is 0 Å². The van der Waals surface area contributed by atoms with E-state index in [0.717, 1.165) is 32.0 Å². The molecule has 1 fully saturated rings. The molecule has 1 unspecified atom stereocenters. The molecular weight excluding hydrogens is 592 g/mol. The van der Waals surface area contributed by atoms with Gasteiger partial charge in [-0.25, -0.2) is 4.79 Å². The standard InChI is InChI=1S/2C9H7.C8H13N3O2.In.Zr/c2*1-2-5-9-7-3-6-8(9)4-1;12-7(13)6-2-5-11-4-1-3-9-8(11)10-6;;/h2*1-7H;6H,1-5H2,(H,9,10)(H,12,13);;/q2*-1;;;+2. The van der Waals surface area contributed by atoms with Crippen LogP contribution < -0.4 is 5.32 Å². The van der Waals surface area contributed by atoms with Crippen molar-refractivity contribution in [2.24, 2.45) is 4.99 Å². The maximum absolute atomic E-state index is 10.7. The number of carboxylic acids is 1. The van der Waals surface area contributed by atoms with Gasteiger partial charge >= 0.3 is 32.2 Å². The van der Waals surface area contributed by atoms with Gasteiger partial charge in [-0.15, -0.1) is 59.3 Å². The van der Waals surface area contributed by atoms with Crippen LogP contribution in [-0.4, -0.2) is 73.5 Å². The van der Waals surface area contributed by atoms with Crippen LogP contribution in [0.1, 0.15) is 12.8 Å². The van der Waals surface area contributed by atoms with Crippen molar-refractivity contribution in [3.05, 3.63) is 84.9 Å². The molecule has 0 saturated carbocycles. The van der Waals surface area contributed by atoms with Crippen LogP contribution in [0.4, 0.5) is 0 Å². The van der Waals surface area contributed by atoms with E-state index in [9.17, 15) is 4.79 Å². The Hall–Kier alpha value is -1.85. The number of hydrogen-bond acceptors (Lipinski definition) is 4. The normalized spacial score (nSPS) is 16.3. The molecule has 0 bridgehead atoms. The van der Waals surface area contributed by atoms with Gasteiger partial charge < -0.3 is 15.3 Å². The Bertz CT molecular complexity index is 1040. The van der Waals surface area contributed by atoms with Crippen molar-refractivity contribution in [3.8, 4) is 0 Å². The SMILES string of the molecule is O=C(O)C1CCN2CCCN=C2N1.[In].[Zr+2].c1ccc2[cH-]ccc2c1.c1ccc2[cH-]ccc2c1. The third kappa shape index (κ3) is 7.58. The molecule has 165 valence electrons. The summed E-state index contributed by atoms with van der Waals surface area (Å²) in [4.78, 5) is 17.1. The van der Waals surface area contributed by atoms with Crippen molar-refractivity contribution in [2.45, 2.75) is 18.9 Å². The number of rotatable bonds is 1. The van der Waals surface area contributed by atoms with Gasteiger partial charge in [0, 0.05) is 45.5 Å². The summed E-state index contributed by atoms with van der Waals surface area (Å²) in [5.41, 5.74) is 0. The third-order valence-electron chi connectivity index (χ3n) is 5.53. The smallest absolute Gasteiger partial charge is 0.480 e. The molecule has 3 radical (unpaired) electrons. The first-order valence-electron chi connectivity index (χ1n) is 10.7. The van der Waals surface area contributed by atoms with Crippen LogP contribution in [-0.2, 0) is 31.0 Å². The third-order valence-corrected chi connectivity index (χ3v) is 5.53. The maximum Gasteiger partial charge on any atom is 2.00 e. The van der Waals surface area contributed by atoms with Crippen LogP contribution in [0.2, 0.25) is 0 Å². The van der Waals surface area contributed by atoms with E-state index in [-0.39, 0.29) is 52.0 Å². The Morgan fingerprint density at radius 1 is 0.939 bits per heavy atom. The van der Waals surface area contributed by atoms with Gasteiger partial charge in [-0.1, -0.05) is 12.1 Å². The van der Waals surface area contributed by atoms with Crippen molar-refractivity contribution in [1.82, 2.24) is 10.2 Å². The minimum atomic E-state index is -0.784. The molecule has 4 aromatic rings. The topological polar surface area (TPSA) is 64.9 Å². The first-order chi connectivity index (χ1) is 15.2. The van der Waals surface area contributed by atoms with Gasteiger partial charge in [0.25, 0.3) is 0 Å². The van der Waals surface area contributed by atoms with Crippen molar-refractivity contribution >= 4 is 59.3 Å². The molecule has 0 spiro atoms. The minimum absolute atomic E-state index is 0.